The maximum atomic E-state index is 9.69. The summed E-state index contributed by atoms with van der Waals surface area (Å²) in [6.45, 7) is 1.95. The molecule has 47 heavy (non-hydrogen) atoms. The zero-order valence-corrected chi connectivity index (χ0v) is 29.0. The summed E-state index contributed by atoms with van der Waals surface area (Å²) in [4.78, 5) is 2.13. The number of hydrogen-bond donors (Lipinski definition) is 2. The highest BCUT2D eigenvalue weighted by Crippen LogP contribution is 2.49. The fraction of sp³-hybridized carbons (Fsp3) is 0.206. The number of halogens is 2. The van der Waals surface area contributed by atoms with E-state index in [1.165, 1.54) is 0 Å². The number of allylic oxidation sites excluding steroid dienone is 2. The number of ether oxygens (including phenoxy) is 2. The number of fused-ring (bicyclic) bond motifs is 2. The van der Waals surface area contributed by atoms with Crippen LogP contribution in [-0.2, 0) is 14.1 Å². The third-order valence-electron chi connectivity index (χ3n) is 7.42. The Morgan fingerprint density at radius 1 is 0.809 bits per heavy atom. The molecule has 0 fully saturated rings. The van der Waals surface area contributed by atoms with Crippen LogP contribution < -0.4 is 20.9 Å². The van der Waals surface area contributed by atoms with E-state index in [1.54, 1.807) is 32.0 Å². The van der Waals surface area contributed by atoms with Gasteiger partial charge in [-0.3, -0.25) is 0 Å². The number of nitrogens with zero attached hydrogens (tertiary/aromatic N) is 5. The van der Waals surface area contributed by atoms with Gasteiger partial charge in [0, 0.05) is 29.4 Å². The minimum atomic E-state index is -0.297. The fourth-order valence-electron chi connectivity index (χ4n) is 5.52. The van der Waals surface area contributed by atoms with Crippen LogP contribution in [0, 0.1) is 30.6 Å². The second kappa shape index (κ2) is 14.2. The average molecular weight is 796 g/mol. The first-order chi connectivity index (χ1) is 21.6. The van der Waals surface area contributed by atoms with Crippen LogP contribution >= 0.6 is 54.5 Å². The molecule has 2 aliphatic rings. The summed E-state index contributed by atoms with van der Waals surface area (Å²) in [5.74, 6) is 3.93. The maximum Gasteiger partial charge on any atom is 0.224 e. The van der Waals surface area contributed by atoms with Gasteiger partial charge in [0.15, 0.2) is 0 Å². The van der Waals surface area contributed by atoms with E-state index < -0.39 is 0 Å². The largest absolute Gasteiger partial charge is 0.422 e. The van der Waals surface area contributed by atoms with Crippen molar-refractivity contribution in [2.24, 2.45) is 25.6 Å². The van der Waals surface area contributed by atoms with Crippen molar-refractivity contribution in [1.82, 2.24) is 19.6 Å². The summed E-state index contributed by atoms with van der Waals surface area (Å²) in [6, 6.07) is 20.1. The van der Waals surface area contributed by atoms with Gasteiger partial charge >= 0.3 is 0 Å². The van der Waals surface area contributed by atoms with Crippen LogP contribution in [0.5, 0.6) is 11.8 Å². The zero-order valence-electron chi connectivity index (χ0n) is 24.2. The van der Waals surface area contributed by atoms with Crippen LogP contribution in [0.4, 0.5) is 0 Å². The molecule has 1 aromatic carbocycles. The number of rotatable bonds is 3. The molecule has 4 aromatic heterocycles. The van der Waals surface area contributed by atoms with Gasteiger partial charge in [-0.15, -0.1) is 29.1 Å². The molecule has 7 rings (SSSR count). The summed E-state index contributed by atoms with van der Waals surface area (Å²) in [5, 5.41) is 18.7. The first-order valence-electron chi connectivity index (χ1n) is 13.5. The number of aromatic nitrogens is 4. The molecule has 9 nitrogen and oxygen atoms in total. The van der Waals surface area contributed by atoms with Crippen molar-refractivity contribution in [2.45, 2.75) is 33.6 Å². The minimum absolute atomic E-state index is 0. The quantitative estimate of drug-likeness (QED) is 0.176. The van der Waals surface area contributed by atoms with E-state index in [2.05, 4.69) is 54.0 Å². The lowest BCUT2D eigenvalue weighted by atomic mass is 9.87. The summed E-state index contributed by atoms with van der Waals surface area (Å²) >= 11 is 10.2. The predicted octanol–water partition coefficient (Wildman–Crippen LogP) is 8.28. The van der Waals surface area contributed by atoms with Crippen molar-refractivity contribution in [3.63, 3.8) is 0 Å². The topological polar surface area (TPSA) is 130 Å². The highest BCUT2D eigenvalue weighted by atomic mass is 79.9. The molecule has 2 atom stereocenters. The average Bonchev–Trinajstić information content (AvgIpc) is 3.79. The highest BCUT2D eigenvalue weighted by Gasteiger charge is 2.38. The molecule has 2 aliphatic heterocycles. The molecule has 242 valence electrons. The summed E-state index contributed by atoms with van der Waals surface area (Å²) in [5.41, 5.74) is 17.6. The molecule has 2 unspecified atom stereocenters. The lowest BCUT2D eigenvalue weighted by Gasteiger charge is -2.24. The molecule has 4 N–H and O–H groups in total. The number of aryl methyl sites for hydroxylation is 3. The smallest absolute Gasteiger partial charge is 0.224 e. The summed E-state index contributed by atoms with van der Waals surface area (Å²) < 4.78 is 16.8. The van der Waals surface area contributed by atoms with E-state index >= 15 is 0 Å². The number of thiophene rings is 2. The SMILES string of the molecule is C.C.C#CC1=C(N)Oc2c(c(C)nn2C)C1c1ccc(Br)s1.Cn1nc(-c2ccccc2)c2c1OC(N)=C(C#N)C2c1ccc(Br)s1. The van der Waals surface area contributed by atoms with Crippen LogP contribution in [0.1, 0.15) is 53.3 Å². The van der Waals surface area contributed by atoms with E-state index in [0.29, 0.717) is 22.9 Å². The number of benzene rings is 1. The second-order valence-corrected chi connectivity index (χ2v) is 15.1. The van der Waals surface area contributed by atoms with E-state index in [1.807, 2.05) is 75.6 Å². The minimum Gasteiger partial charge on any atom is -0.422 e. The van der Waals surface area contributed by atoms with Crippen molar-refractivity contribution in [1.29, 1.82) is 5.26 Å². The second-order valence-electron chi connectivity index (χ2n) is 10.2. The predicted molar refractivity (Wildman–Crippen MR) is 196 cm³/mol. The van der Waals surface area contributed by atoms with Gasteiger partial charge in [-0.05, 0) is 63.0 Å². The zero-order chi connectivity index (χ0) is 32.0. The molecule has 13 heteroatoms. The molecule has 0 spiro atoms. The Kier molecular flexibility index (Phi) is 10.8. The first kappa shape index (κ1) is 35.6. The van der Waals surface area contributed by atoms with Crippen LogP contribution in [0.3, 0.4) is 0 Å². The Morgan fingerprint density at radius 3 is 1.83 bits per heavy atom. The number of nitriles is 1. The lowest BCUT2D eigenvalue weighted by molar-refractivity contribution is 0.358. The molecule has 0 radical (unpaired) electrons. The Balaban J connectivity index is 0.000000209. The summed E-state index contributed by atoms with van der Waals surface area (Å²) in [6.07, 6.45) is 5.64. The number of nitrogens with two attached hydrogens (primary N) is 2. The standard InChI is InChI=1S/C18H13BrN4OS.C14H12BrN3OS.2CH4/c1-23-18-15(16(22-23)10-5-3-2-4-6-10)14(11(9-20)17(21)24-18)12-7-8-13(19)25-12;1-4-8-12(9-5-6-10(15)20-9)11-7(2)17-18(3)14(11)19-13(8)16;;/h2-8,14H,21H2,1H3;1,5-6,12H,16H2,2-3H3;2*1H4. The maximum absolute atomic E-state index is 9.69. The molecule has 0 saturated heterocycles. The molecular weight excluding hydrogens is 762 g/mol. The van der Waals surface area contributed by atoms with Gasteiger partial charge in [-0.25, -0.2) is 9.36 Å². The van der Waals surface area contributed by atoms with E-state index in [9.17, 15) is 5.26 Å². The van der Waals surface area contributed by atoms with Crippen molar-refractivity contribution in [3.05, 3.63) is 112 Å². The molecular formula is C34H33Br2N7O2S2. The van der Waals surface area contributed by atoms with Crippen molar-refractivity contribution < 1.29 is 9.47 Å². The van der Waals surface area contributed by atoms with Gasteiger partial charge in [0.05, 0.1) is 41.8 Å². The molecule has 6 heterocycles. The summed E-state index contributed by atoms with van der Waals surface area (Å²) in [7, 11) is 3.65. The van der Waals surface area contributed by atoms with Gasteiger partial charge in [0.2, 0.25) is 23.5 Å². The molecule has 0 bridgehead atoms. The van der Waals surface area contributed by atoms with Gasteiger partial charge < -0.3 is 20.9 Å². The Morgan fingerprint density at radius 2 is 1.32 bits per heavy atom. The van der Waals surface area contributed by atoms with E-state index in [-0.39, 0.29) is 38.5 Å². The van der Waals surface area contributed by atoms with Gasteiger partial charge in [0.1, 0.15) is 17.3 Å². The van der Waals surface area contributed by atoms with Gasteiger partial charge in [-0.2, -0.15) is 15.5 Å². The molecule has 0 saturated carbocycles. The third kappa shape index (κ3) is 6.36. The fourth-order valence-corrected chi connectivity index (χ4v) is 8.61. The van der Waals surface area contributed by atoms with Crippen LogP contribution in [-0.4, -0.2) is 19.6 Å². The first-order valence-corrected chi connectivity index (χ1v) is 16.7. The number of terminal acetylenes is 1. The van der Waals surface area contributed by atoms with Crippen LogP contribution in [0.25, 0.3) is 11.3 Å². The monoisotopic (exact) mass is 793 g/mol. The van der Waals surface area contributed by atoms with Crippen LogP contribution in [0.15, 0.2) is 85.1 Å². The van der Waals surface area contributed by atoms with Crippen LogP contribution in [0.2, 0.25) is 0 Å². The van der Waals surface area contributed by atoms with Gasteiger partial charge in [0.25, 0.3) is 0 Å². The van der Waals surface area contributed by atoms with E-state index in [4.69, 9.17) is 27.4 Å². The highest BCUT2D eigenvalue weighted by molar-refractivity contribution is 9.11. The Labute approximate surface area is 299 Å². The Bertz CT molecular complexity index is 2090. The normalized spacial score (nSPS) is 16.1. The third-order valence-corrected chi connectivity index (χ3v) is 10.8. The van der Waals surface area contributed by atoms with Crippen molar-refractivity contribution in [2.75, 3.05) is 0 Å². The Hall–Kier alpha value is -4.27. The molecule has 5 aromatic rings. The lowest BCUT2D eigenvalue weighted by Crippen LogP contribution is -2.21. The molecule has 0 amide bonds. The number of hydrogen-bond acceptors (Lipinski definition) is 9. The van der Waals surface area contributed by atoms with Gasteiger partial charge in [-0.1, -0.05) is 51.1 Å². The molecule has 0 aliphatic carbocycles. The van der Waals surface area contributed by atoms with E-state index in [0.717, 1.165) is 45.4 Å². The van der Waals surface area contributed by atoms with Crippen molar-refractivity contribution in [3.8, 4) is 41.4 Å². The van der Waals surface area contributed by atoms with Crippen molar-refractivity contribution >= 4 is 54.5 Å².